The summed E-state index contributed by atoms with van der Waals surface area (Å²) in [5, 5.41) is 0. The molecule has 1 aliphatic carbocycles. The van der Waals surface area contributed by atoms with E-state index in [-0.39, 0.29) is 5.91 Å². The number of rotatable bonds is 1. The quantitative estimate of drug-likeness (QED) is 0.737. The molecule has 0 unspecified atom stereocenters. The molecular weight excluding hydrogens is 262 g/mol. The van der Waals surface area contributed by atoms with Crippen molar-refractivity contribution in [2.45, 2.75) is 32.1 Å². The predicted octanol–water partition coefficient (Wildman–Crippen LogP) is 3.21. The lowest BCUT2D eigenvalue weighted by atomic mass is 10.1. The summed E-state index contributed by atoms with van der Waals surface area (Å²) in [5.41, 5.74) is 1.45. The largest absolute Gasteiger partial charge is 0.336 e. The van der Waals surface area contributed by atoms with Gasteiger partial charge >= 0.3 is 0 Å². The molecule has 0 radical (unpaired) electrons. The Morgan fingerprint density at radius 3 is 2.72 bits per heavy atom. The molecule has 1 amide bonds. The summed E-state index contributed by atoms with van der Waals surface area (Å²) in [6, 6.07) is 2.18. The predicted molar refractivity (Wildman–Crippen MR) is 78.8 cm³/mol. The van der Waals surface area contributed by atoms with E-state index in [0.717, 1.165) is 29.5 Å². The highest BCUT2D eigenvalue weighted by atomic mass is 32.2. The number of hydrogen-bond acceptors (Lipinski definition) is 3. The molecule has 98 valence electrons. The van der Waals surface area contributed by atoms with E-state index in [9.17, 15) is 4.79 Å². The number of carbonyl (C=O) groups is 1. The third-order valence-corrected chi connectivity index (χ3v) is 5.92. The fourth-order valence-corrected chi connectivity index (χ4v) is 4.82. The van der Waals surface area contributed by atoms with Crippen LogP contribution in [0.25, 0.3) is 0 Å². The van der Waals surface area contributed by atoms with Gasteiger partial charge in [-0.15, -0.1) is 11.3 Å². The number of hydrogen-bond donors (Lipinski definition) is 0. The zero-order valence-electron chi connectivity index (χ0n) is 10.6. The molecular formula is C14H19NOS2. The van der Waals surface area contributed by atoms with Gasteiger partial charge in [-0.3, -0.25) is 4.79 Å². The Morgan fingerprint density at radius 2 is 1.89 bits per heavy atom. The summed E-state index contributed by atoms with van der Waals surface area (Å²) in [5.74, 6) is 2.46. The molecule has 4 heteroatoms. The van der Waals surface area contributed by atoms with Crippen LogP contribution in [-0.2, 0) is 12.8 Å². The third kappa shape index (κ3) is 2.59. The first-order valence-corrected chi connectivity index (χ1v) is 8.80. The minimum absolute atomic E-state index is 0.272. The van der Waals surface area contributed by atoms with E-state index >= 15 is 0 Å². The van der Waals surface area contributed by atoms with Crippen LogP contribution < -0.4 is 0 Å². The van der Waals surface area contributed by atoms with Crippen molar-refractivity contribution in [3.63, 3.8) is 0 Å². The monoisotopic (exact) mass is 281 g/mol. The maximum Gasteiger partial charge on any atom is 0.263 e. The average molecular weight is 281 g/mol. The topological polar surface area (TPSA) is 20.3 Å². The first kappa shape index (κ1) is 12.5. The number of fused-ring (bicyclic) bond motifs is 1. The van der Waals surface area contributed by atoms with Crippen molar-refractivity contribution in [3.05, 3.63) is 21.4 Å². The molecule has 2 heterocycles. The van der Waals surface area contributed by atoms with Crippen molar-refractivity contribution in [1.82, 2.24) is 4.90 Å². The molecule has 1 aromatic rings. The molecule has 1 aliphatic heterocycles. The first-order chi connectivity index (χ1) is 8.84. The van der Waals surface area contributed by atoms with E-state index in [2.05, 4.69) is 6.07 Å². The summed E-state index contributed by atoms with van der Waals surface area (Å²) < 4.78 is 0. The average Bonchev–Trinajstić information content (AvgIpc) is 2.70. The van der Waals surface area contributed by atoms with E-state index in [1.165, 1.54) is 42.5 Å². The van der Waals surface area contributed by atoms with E-state index in [4.69, 9.17) is 0 Å². The number of nitrogens with zero attached hydrogens (tertiary/aromatic N) is 1. The van der Waals surface area contributed by atoms with Crippen LogP contribution in [0.1, 0.15) is 39.4 Å². The van der Waals surface area contributed by atoms with Crippen LogP contribution in [0.3, 0.4) is 0 Å². The highest BCUT2D eigenvalue weighted by Gasteiger charge is 2.22. The van der Waals surface area contributed by atoms with Crippen LogP contribution in [0.15, 0.2) is 6.07 Å². The highest BCUT2D eigenvalue weighted by Crippen LogP contribution is 2.30. The summed E-state index contributed by atoms with van der Waals surface area (Å²) in [6.07, 6.45) is 6.28. The molecule has 18 heavy (non-hydrogen) atoms. The number of thioether (sulfide) groups is 1. The van der Waals surface area contributed by atoms with Gasteiger partial charge in [-0.05, 0) is 37.3 Å². The Kier molecular flexibility index (Phi) is 3.94. The van der Waals surface area contributed by atoms with Crippen LogP contribution in [0.5, 0.6) is 0 Å². The van der Waals surface area contributed by atoms with Crippen LogP contribution in [0, 0.1) is 0 Å². The molecule has 2 nitrogen and oxygen atoms in total. The number of thiophene rings is 1. The van der Waals surface area contributed by atoms with E-state index in [0.29, 0.717) is 0 Å². The number of amides is 1. The molecule has 0 atom stereocenters. The fraction of sp³-hybridized carbons (Fsp3) is 0.643. The van der Waals surface area contributed by atoms with Crippen molar-refractivity contribution < 1.29 is 4.79 Å². The van der Waals surface area contributed by atoms with Gasteiger partial charge in [0, 0.05) is 29.5 Å². The van der Waals surface area contributed by atoms with Gasteiger partial charge in [-0.2, -0.15) is 11.8 Å². The lowest BCUT2D eigenvalue weighted by Crippen LogP contribution is -2.37. The molecule has 1 fully saturated rings. The van der Waals surface area contributed by atoms with Crippen molar-refractivity contribution in [3.8, 4) is 0 Å². The summed E-state index contributed by atoms with van der Waals surface area (Å²) in [7, 11) is 0. The second kappa shape index (κ2) is 5.66. The summed E-state index contributed by atoms with van der Waals surface area (Å²) >= 11 is 3.70. The van der Waals surface area contributed by atoms with Gasteiger partial charge in [0.15, 0.2) is 0 Å². The van der Waals surface area contributed by atoms with Gasteiger partial charge in [0.05, 0.1) is 4.88 Å². The van der Waals surface area contributed by atoms with E-state index in [1.807, 2.05) is 16.7 Å². The van der Waals surface area contributed by atoms with E-state index in [1.54, 1.807) is 11.3 Å². The van der Waals surface area contributed by atoms with Crippen LogP contribution in [0.4, 0.5) is 0 Å². The molecule has 1 saturated heterocycles. The molecule has 0 spiro atoms. The molecule has 1 aromatic heterocycles. The molecule has 2 aliphatic rings. The number of carbonyl (C=O) groups excluding carboxylic acids is 1. The van der Waals surface area contributed by atoms with Crippen molar-refractivity contribution in [2.24, 2.45) is 0 Å². The zero-order valence-corrected chi connectivity index (χ0v) is 12.2. The van der Waals surface area contributed by atoms with Gasteiger partial charge in [-0.25, -0.2) is 0 Å². The normalized spacial score (nSPS) is 20.3. The Labute approximate surface area is 117 Å². The summed E-state index contributed by atoms with van der Waals surface area (Å²) in [6.45, 7) is 1.85. The second-order valence-electron chi connectivity index (χ2n) is 5.02. The fourth-order valence-electron chi connectivity index (χ4n) is 2.70. The summed E-state index contributed by atoms with van der Waals surface area (Å²) in [4.78, 5) is 16.9. The molecule has 0 N–H and O–H groups in total. The molecule has 0 aromatic carbocycles. The molecule has 0 bridgehead atoms. The van der Waals surface area contributed by atoms with E-state index < -0.39 is 0 Å². The lowest BCUT2D eigenvalue weighted by Gasteiger charge is -2.25. The van der Waals surface area contributed by atoms with Crippen molar-refractivity contribution >= 4 is 29.0 Å². The SMILES string of the molecule is O=C(c1cc2c(s1)CCCCC2)N1CCSCC1. The van der Waals surface area contributed by atoms with Crippen LogP contribution >= 0.6 is 23.1 Å². The second-order valence-corrected chi connectivity index (χ2v) is 7.39. The Balaban J connectivity index is 1.77. The maximum absolute atomic E-state index is 12.4. The van der Waals surface area contributed by atoms with Gasteiger partial charge in [0.1, 0.15) is 0 Å². The first-order valence-electron chi connectivity index (χ1n) is 6.83. The number of aryl methyl sites for hydroxylation is 2. The Bertz CT molecular complexity index is 412. The lowest BCUT2D eigenvalue weighted by molar-refractivity contribution is 0.0777. The van der Waals surface area contributed by atoms with Gasteiger partial charge in [0.2, 0.25) is 0 Å². The van der Waals surface area contributed by atoms with Gasteiger partial charge < -0.3 is 4.90 Å². The highest BCUT2D eigenvalue weighted by molar-refractivity contribution is 7.99. The zero-order chi connectivity index (χ0) is 12.4. The Hall–Kier alpha value is -0.480. The van der Waals surface area contributed by atoms with Crippen LogP contribution in [-0.4, -0.2) is 35.4 Å². The van der Waals surface area contributed by atoms with Crippen molar-refractivity contribution in [1.29, 1.82) is 0 Å². The van der Waals surface area contributed by atoms with Gasteiger partial charge in [0.25, 0.3) is 5.91 Å². The molecule has 0 saturated carbocycles. The van der Waals surface area contributed by atoms with Crippen molar-refractivity contribution in [2.75, 3.05) is 24.6 Å². The van der Waals surface area contributed by atoms with Crippen LogP contribution in [0.2, 0.25) is 0 Å². The molecule has 3 rings (SSSR count). The smallest absolute Gasteiger partial charge is 0.263 e. The maximum atomic E-state index is 12.4. The minimum Gasteiger partial charge on any atom is -0.336 e. The third-order valence-electron chi connectivity index (χ3n) is 3.76. The minimum atomic E-state index is 0.272. The standard InChI is InChI=1S/C14H19NOS2/c16-14(15-6-8-17-9-7-15)13-10-11-4-2-1-3-5-12(11)18-13/h10H,1-9H2. The Morgan fingerprint density at radius 1 is 1.11 bits per heavy atom. The van der Waals surface area contributed by atoms with Gasteiger partial charge in [-0.1, -0.05) is 6.42 Å².